The van der Waals surface area contributed by atoms with Gasteiger partial charge in [-0.25, -0.2) is 13.2 Å². The molecule has 0 fully saturated rings. The summed E-state index contributed by atoms with van der Waals surface area (Å²) in [4.78, 5) is 0. The number of para-hydroxylation sites is 1. The number of rotatable bonds is 11. The van der Waals surface area contributed by atoms with Crippen LogP contribution in [0, 0.1) is 5.82 Å². The van der Waals surface area contributed by atoms with E-state index < -0.39 is 17.7 Å². The van der Waals surface area contributed by atoms with Crippen molar-refractivity contribution < 1.29 is 27.4 Å². The SMILES string of the molecule is C=CCOc1ccc(C(C)(COCc2ccc(F)c(Oc3ccccc3)c2)C(F)F)cc1. The zero-order valence-electron chi connectivity index (χ0n) is 17.8. The number of hydrogen-bond donors (Lipinski definition) is 0. The average molecular weight is 442 g/mol. The van der Waals surface area contributed by atoms with Gasteiger partial charge in [0.15, 0.2) is 11.6 Å². The third-order valence-corrected chi connectivity index (χ3v) is 5.00. The van der Waals surface area contributed by atoms with Crippen LogP contribution in [-0.2, 0) is 16.8 Å². The Hall–Kier alpha value is -3.25. The van der Waals surface area contributed by atoms with E-state index in [1.165, 1.54) is 19.1 Å². The first kappa shape index (κ1) is 23.4. The maximum Gasteiger partial charge on any atom is 0.250 e. The van der Waals surface area contributed by atoms with Crippen LogP contribution in [0.1, 0.15) is 18.1 Å². The van der Waals surface area contributed by atoms with Crippen molar-refractivity contribution in [2.75, 3.05) is 13.2 Å². The van der Waals surface area contributed by atoms with Gasteiger partial charge in [0.1, 0.15) is 18.1 Å². The van der Waals surface area contributed by atoms with Crippen molar-refractivity contribution in [3.8, 4) is 17.2 Å². The van der Waals surface area contributed by atoms with Crippen molar-refractivity contribution in [3.63, 3.8) is 0 Å². The smallest absolute Gasteiger partial charge is 0.250 e. The molecule has 168 valence electrons. The highest BCUT2D eigenvalue weighted by molar-refractivity contribution is 5.35. The first-order valence-corrected chi connectivity index (χ1v) is 10.1. The minimum atomic E-state index is -2.65. The normalized spacial score (nSPS) is 12.9. The van der Waals surface area contributed by atoms with Crippen LogP contribution in [-0.4, -0.2) is 19.6 Å². The summed E-state index contributed by atoms with van der Waals surface area (Å²) >= 11 is 0. The molecule has 1 atom stereocenters. The van der Waals surface area contributed by atoms with Gasteiger partial charge in [0, 0.05) is 0 Å². The Bertz CT molecular complexity index is 1010. The minimum Gasteiger partial charge on any atom is -0.490 e. The Kier molecular flexibility index (Phi) is 7.95. The zero-order valence-corrected chi connectivity index (χ0v) is 17.8. The van der Waals surface area contributed by atoms with Crippen LogP contribution in [0.15, 0.2) is 85.5 Å². The van der Waals surface area contributed by atoms with E-state index in [9.17, 15) is 13.2 Å². The van der Waals surface area contributed by atoms with Crippen molar-refractivity contribution in [2.24, 2.45) is 0 Å². The summed E-state index contributed by atoms with van der Waals surface area (Å²) in [5.74, 6) is 0.594. The molecule has 3 rings (SSSR count). The minimum absolute atomic E-state index is 0.0360. The van der Waals surface area contributed by atoms with Gasteiger partial charge in [0.25, 0.3) is 0 Å². The average Bonchev–Trinajstić information content (AvgIpc) is 2.80. The zero-order chi connectivity index (χ0) is 23.0. The second-order valence-electron chi connectivity index (χ2n) is 7.51. The molecule has 0 N–H and O–H groups in total. The van der Waals surface area contributed by atoms with E-state index in [2.05, 4.69) is 6.58 Å². The number of ether oxygens (including phenoxy) is 3. The number of halogens is 3. The largest absolute Gasteiger partial charge is 0.490 e. The van der Waals surface area contributed by atoms with Crippen LogP contribution >= 0.6 is 0 Å². The first-order valence-electron chi connectivity index (χ1n) is 10.1. The van der Waals surface area contributed by atoms with Gasteiger partial charge in [-0.05, 0) is 54.4 Å². The second-order valence-corrected chi connectivity index (χ2v) is 7.51. The molecule has 0 amide bonds. The fourth-order valence-electron chi connectivity index (χ4n) is 3.07. The predicted molar refractivity (Wildman–Crippen MR) is 118 cm³/mol. The van der Waals surface area contributed by atoms with Gasteiger partial charge in [-0.1, -0.05) is 49.1 Å². The van der Waals surface area contributed by atoms with E-state index in [1.807, 2.05) is 6.07 Å². The molecule has 0 spiro atoms. The lowest BCUT2D eigenvalue weighted by molar-refractivity contribution is -0.0128. The van der Waals surface area contributed by atoms with Crippen LogP contribution in [0.5, 0.6) is 17.2 Å². The predicted octanol–water partition coefficient (Wildman–Crippen LogP) is 6.92. The monoisotopic (exact) mass is 442 g/mol. The molecule has 0 heterocycles. The maximum absolute atomic E-state index is 14.1. The molecule has 3 nitrogen and oxygen atoms in total. The van der Waals surface area contributed by atoms with Crippen LogP contribution in [0.3, 0.4) is 0 Å². The van der Waals surface area contributed by atoms with Crippen LogP contribution in [0.4, 0.5) is 13.2 Å². The number of hydrogen-bond acceptors (Lipinski definition) is 3. The summed E-state index contributed by atoms with van der Waals surface area (Å²) in [7, 11) is 0. The van der Waals surface area contributed by atoms with Gasteiger partial charge >= 0.3 is 0 Å². The molecule has 3 aromatic rings. The standard InChI is InChI=1S/C26H25F3O3/c1-3-15-31-21-12-10-20(11-13-21)26(2,25(28)29)18-30-17-19-9-14-23(27)24(16-19)32-22-7-5-4-6-8-22/h3-14,16,25H,1,15,17-18H2,2H3. The fourth-order valence-corrected chi connectivity index (χ4v) is 3.07. The quantitative estimate of drug-likeness (QED) is 0.302. The van der Waals surface area contributed by atoms with Crippen molar-refractivity contribution in [3.05, 3.63) is 102 Å². The lowest BCUT2D eigenvalue weighted by atomic mass is 9.83. The Morgan fingerprint density at radius 2 is 1.69 bits per heavy atom. The fraction of sp³-hybridized carbons (Fsp3) is 0.231. The van der Waals surface area contributed by atoms with Gasteiger partial charge in [-0.2, -0.15) is 0 Å². The third kappa shape index (κ3) is 5.92. The van der Waals surface area contributed by atoms with Crippen LogP contribution in [0.2, 0.25) is 0 Å². The maximum atomic E-state index is 14.1. The Balaban J connectivity index is 1.66. The molecule has 0 radical (unpaired) electrons. The molecule has 0 saturated carbocycles. The molecule has 1 unspecified atom stereocenters. The van der Waals surface area contributed by atoms with E-state index in [1.54, 1.807) is 60.7 Å². The number of benzene rings is 3. The van der Waals surface area contributed by atoms with Crippen molar-refractivity contribution >= 4 is 0 Å². The van der Waals surface area contributed by atoms with Gasteiger partial charge in [-0.3, -0.25) is 0 Å². The Labute approximate surface area is 186 Å². The van der Waals surface area contributed by atoms with E-state index in [0.29, 0.717) is 29.2 Å². The van der Waals surface area contributed by atoms with Crippen LogP contribution in [0.25, 0.3) is 0 Å². The highest BCUT2D eigenvalue weighted by atomic mass is 19.3. The van der Waals surface area contributed by atoms with Crippen LogP contribution < -0.4 is 9.47 Å². The lowest BCUT2D eigenvalue weighted by Crippen LogP contribution is -2.36. The second kappa shape index (κ2) is 10.9. The molecule has 0 aliphatic heterocycles. The molecule has 32 heavy (non-hydrogen) atoms. The van der Waals surface area contributed by atoms with Gasteiger partial charge < -0.3 is 14.2 Å². The van der Waals surface area contributed by atoms with E-state index in [4.69, 9.17) is 14.2 Å². The first-order chi connectivity index (χ1) is 15.4. The van der Waals surface area contributed by atoms with E-state index in [0.717, 1.165) is 0 Å². The molecule has 0 aromatic heterocycles. The summed E-state index contributed by atoms with van der Waals surface area (Å²) in [6.07, 6.45) is -1.04. The molecular formula is C26H25F3O3. The molecule has 3 aromatic carbocycles. The molecular weight excluding hydrogens is 417 g/mol. The topological polar surface area (TPSA) is 27.7 Å². The van der Waals surface area contributed by atoms with Crippen molar-refractivity contribution in [1.82, 2.24) is 0 Å². The van der Waals surface area contributed by atoms with Gasteiger partial charge in [0.2, 0.25) is 6.43 Å². The molecule has 0 saturated heterocycles. The Morgan fingerprint density at radius 1 is 0.969 bits per heavy atom. The summed E-state index contributed by atoms with van der Waals surface area (Å²) in [6, 6.07) is 19.6. The molecule has 0 aliphatic carbocycles. The molecule has 0 aliphatic rings. The van der Waals surface area contributed by atoms with Gasteiger partial charge in [-0.15, -0.1) is 0 Å². The summed E-state index contributed by atoms with van der Waals surface area (Å²) in [5.41, 5.74) is -0.465. The highest BCUT2D eigenvalue weighted by Gasteiger charge is 2.37. The van der Waals surface area contributed by atoms with Gasteiger partial charge in [0.05, 0.1) is 18.6 Å². The Morgan fingerprint density at radius 3 is 2.34 bits per heavy atom. The van der Waals surface area contributed by atoms with Crippen molar-refractivity contribution in [2.45, 2.75) is 25.4 Å². The molecule has 0 bridgehead atoms. The number of alkyl halides is 2. The third-order valence-electron chi connectivity index (χ3n) is 5.00. The van der Waals surface area contributed by atoms with E-state index in [-0.39, 0.29) is 19.0 Å². The molecule has 6 heteroatoms. The summed E-state index contributed by atoms with van der Waals surface area (Å²) < 4.78 is 58.7. The lowest BCUT2D eigenvalue weighted by Gasteiger charge is -2.29. The summed E-state index contributed by atoms with van der Waals surface area (Å²) in [6.45, 7) is 5.18. The highest BCUT2D eigenvalue weighted by Crippen LogP contribution is 2.33. The van der Waals surface area contributed by atoms with Crippen molar-refractivity contribution in [1.29, 1.82) is 0 Å². The summed E-state index contributed by atoms with van der Waals surface area (Å²) in [5, 5.41) is 0. The van der Waals surface area contributed by atoms with E-state index >= 15 is 0 Å².